The highest BCUT2D eigenvalue weighted by Crippen LogP contribution is 2.20. The summed E-state index contributed by atoms with van der Waals surface area (Å²) >= 11 is 0. The van der Waals surface area contributed by atoms with Crippen molar-refractivity contribution in [3.8, 4) is 5.75 Å². The molecule has 0 radical (unpaired) electrons. The molecule has 0 heterocycles. The van der Waals surface area contributed by atoms with Crippen LogP contribution in [0.1, 0.15) is 24.1 Å². The van der Waals surface area contributed by atoms with E-state index in [-0.39, 0.29) is 0 Å². The standard InChI is InChI=1S/C17H21NO2/c1-2-20-15-10-8-14(9-11-15)17(18)16(19)12-13-6-4-3-5-7-13/h3-11,16-17,19H,2,12,18H2,1H3/t16-,17+/m1/s1. The van der Waals surface area contributed by atoms with Crippen LogP contribution in [0, 0.1) is 0 Å². The van der Waals surface area contributed by atoms with Crippen LogP contribution in [-0.2, 0) is 6.42 Å². The lowest BCUT2D eigenvalue weighted by atomic mass is 9.97. The zero-order valence-corrected chi connectivity index (χ0v) is 11.7. The zero-order chi connectivity index (χ0) is 14.4. The molecule has 0 aliphatic rings. The molecule has 0 fully saturated rings. The summed E-state index contributed by atoms with van der Waals surface area (Å²) in [5.74, 6) is 0.820. The third-order valence-corrected chi connectivity index (χ3v) is 3.28. The van der Waals surface area contributed by atoms with Gasteiger partial charge in [-0.15, -0.1) is 0 Å². The van der Waals surface area contributed by atoms with Crippen LogP contribution in [0.2, 0.25) is 0 Å². The molecular weight excluding hydrogens is 250 g/mol. The SMILES string of the molecule is CCOc1ccc([C@H](N)[C@H](O)Cc2ccccc2)cc1. The molecular formula is C17H21NO2. The van der Waals surface area contributed by atoms with Gasteiger partial charge in [-0.05, 0) is 30.2 Å². The lowest BCUT2D eigenvalue weighted by Crippen LogP contribution is -2.28. The molecule has 20 heavy (non-hydrogen) atoms. The highest BCUT2D eigenvalue weighted by atomic mass is 16.5. The number of rotatable bonds is 6. The minimum absolute atomic E-state index is 0.397. The van der Waals surface area contributed by atoms with Crippen LogP contribution in [0.15, 0.2) is 54.6 Å². The van der Waals surface area contributed by atoms with Crippen LogP contribution in [0.4, 0.5) is 0 Å². The molecule has 2 atom stereocenters. The molecule has 0 unspecified atom stereocenters. The Hall–Kier alpha value is -1.84. The van der Waals surface area contributed by atoms with Gasteiger partial charge in [0, 0.05) is 6.42 Å². The maximum atomic E-state index is 10.2. The van der Waals surface area contributed by atoms with E-state index in [1.807, 2.05) is 61.5 Å². The molecule has 2 aromatic carbocycles. The molecule has 0 amide bonds. The predicted octanol–water partition coefficient (Wildman–Crippen LogP) is 2.69. The lowest BCUT2D eigenvalue weighted by Gasteiger charge is -2.19. The van der Waals surface area contributed by atoms with Gasteiger partial charge in [-0.1, -0.05) is 42.5 Å². The molecule has 106 valence electrons. The van der Waals surface area contributed by atoms with Crippen LogP contribution < -0.4 is 10.5 Å². The lowest BCUT2D eigenvalue weighted by molar-refractivity contribution is 0.145. The summed E-state index contributed by atoms with van der Waals surface area (Å²) in [5.41, 5.74) is 8.12. The second-order valence-corrected chi connectivity index (χ2v) is 4.78. The van der Waals surface area contributed by atoms with Crippen molar-refractivity contribution in [2.24, 2.45) is 5.73 Å². The number of aliphatic hydroxyl groups is 1. The van der Waals surface area contributed by atoms with Crippen LogP contribution in [0.5, 0.6) is 5.75 Å². The first-order chi connectivity index (χ1) is 9.70. The van der Waals surface area contributed by atoms with Crippen LogP contribution in [0.3, 0.4) is 0 Å². The summed E-state index contributed by atoms with van der Waals surface area (Å²) in [5, 5.41) is 10.2. The van der Waals surface area contributed by atoms with Gasteiger partial charge in [0.25, 0.3) is 0 Å². The topological polar surface area (TPSA) is 55.5 Å². The van der Waals surface area contributed by atoms with E-state index in [0.29, 0.717) is 13.0 Å². The molecule has 2 aromatic rings. The summed E-state index contributed by atoms with van der Waals surface area (Å²) in [6.07, 6.45) is -0.0507. The Balaban J connectivity index is 2.00. The Kier molecular flexibility index (Phi) is 5.16. The first-order valence-corrected chi connectivity index (χ1v) is 6.91. The molecule has 0 saturated heterocycles. The molecule has 0 aliphatic heterocycles. The van der Waals surface area contributed by atoms with Crippen molar-refractivity contribution in [3.63, 3.8) is 0 Å². The van der Waals surface area contributed by atoms with E-state index in [0.717, 1.165) is 16.9 Å². The normalized spacial score (nSPS) is 13.8. The summed E-state index contributed by atoms with van der Waals surface area (Å²) < 4.78 is 5.39. The van der Waals surface area contributed by atoms with Crippen molar-refractivity contribution < 1.29 is 9.84 Å². The monoisotopic (exact) mass is 271 g/mol. The van der Waals surface area contributed by atoms with Gasteiger partial charge in [-0.25, -0.2) is 0 Å². The molecule has 2 rings (SSSR count). The molecule has 0 bridgehead atoms. The third kappa shape index (κ3) is 3.83. The second kappa shape index (κ2) is 7.08. The average molecular weight is 271 g/mol. The Morgan fingerprint density at radius 3 is 2.30 bits per heavy atom. The Morgan fingerprint density at radius 2 is 1.70 bits per heavy atom. The maximum absolute atomic E-state index is 10.2. The van der Waals surface area contributed by atoms with Gasteiger partial charge >= 0.3 is 0 Å². The first-order valence-electron chi connectivity index (χ1n) is 6.91. The van der Waals surface area contributed by atoms with Gasteiger partial charge in [0.15, 0.2) is 0 Å². The zero-order valence-electron chi connectivity index (χ0n) is 11.7. The van der Waals surface area contributed by atoms with Crippen LogP contribution in [-0.4, -0.2) is 17.8 Å². The van der Waals surface area contributed by atoms with Crippen molar-refractivity contribution in [2.45, 2.75) is 25.5 Å². The second-order valence-electron chi connectivity index (χ2n) is 4.78. The number of hydrogen-bond donors (Lipinski definition) is 2. The minimum atomic E-state index is -0.602. The van der Waals surface area contributed by atoms with E-state index in [1.54, 1.807) is 0 Å². The number of ether oxygens (including phenoxy) is 1. The molecule has 0 aliphatic carbocycles. The first kappa shape index (κ1) is 14.6. The van der Waals surface area contributed by atoms with Crippen LogP contribution in [0.25, 0.3) is 0 Å². The van der Waals surface area contributed by atoms with Gasteiger partial charge in [-0.2, -0.15) is 0 Å². The van der Waals surface area contributed by atoms with E-state index >= 15 is 0 Å². The molecule has 0 spiro atoms. The fraction of sp³-hybridized carbons (Fsp3) is 0.294. The predicted molar refractivity (Wildman–Crippen MR) is 80.7 cm³/mol. The Morgan fingerprint density at radius 1 is 1.05 bits per heavy atom. The summed E-state index contributed by atoms with van der Waals surface area (Å²) in [7, 11) is 0. The molecule has 3 N–H and O–H groups in total. The highest BCUT2D eigenvalue weighted by Gasteiger charge is 2.17. The van der Waals surface area contributed by atoms with Gasteiger partial charge < -0.3 is 15.6 Å². The highest BCUT2D eigenvalue weighted by molar-refractivity contribution is 5.30. The van der Waals surface area contributed by atoms with E-state index in [9.17, 15) is 5.11 Å². The number of hydrogen-bond acceptors (Lipinski definition) is 3. The van der Waals surface area contributed by atoms with Gasteiger partial charge in [-0.3, -0.25) is 0 Å². The van der Waals surface area contributed by atoms with E-state index in [1.165, 1.54) is 0 Å². The summed E-state index contributed by atoms with van der Waals surface area (Å²) in [6.45, 7) is 2.59. The molecule has 3 nitrogen and oxygen atoms in total. The van der Waals surface area contributed by atoms with Crippen molar-refractivity contribution in [1.82, 2.24) is 0 Å². The number of aliphatic hydroxyl groups excluding tert-OH is 1. The fourth-order valence-corrected chi connectivity index (χ4v) is 2.16. The van der Waals surface area contributed by atoms with Crippen molar-refractivity contribution in [1.29, 1.82) is 0 Å². The van der Waals surface area contributed by atoms with E-state index < -0.39 is 12.1 Å². The maximum Gasteiger partial charge on any atom is 0.119 e. The molecule has 3 heteroatoms. The van der Waals surface area contributed by atoms with E-state index in [4.69, 9.17) is 10.5 Å². The minimum Gasteiger partial charge on any atom is -0.494 e. The Bertz CT molecular complexity index is 510. The number of benzene rings is 2. The molecule has 0 aromatic heterocycles. The van der Waals surface area contributed by atoms with Gasteiger partial charge in [0.05, 0.1) is 18.8 Å². The summed E-state index contributed by atoms with van der Waals surface area (Å²) in [6, 6.07) is 17.1. The smallest absolute Gasteiger partial charge is 0.119 e. The van der Waals surface area contributed by atoms with Crippen molar-refractivity contribution >= 4 is 0 Å². The summed E-state index contributed by atoms with van der Waals surface area (Å²) in [4.78, 5) is 0. The quantitative estimate of drug-likeness (QED) is 0.849. The Labute approximate surface area is 120 Å². The van der Waals surface area contributed by atoms with Gasteiger partial charge in [0.1, 0.15) is 5.75 Å². The third-order valence-electron chi connectivity index (χ3n) is 3.28. The fourth-order valence-electron chi connectivity index (χ4n) is 2.16. The largest absolute Gasteiger partial charge is 0.494 e. The van der Waals surface area contributed by atoms with E-state index in [2.05, 4.69) is 0 Å². The van der Waals surface area contributed by atoms with Gasteiger partial charge in [0.2, 0.25) is 0 Å². The van der Waals surface area contributed by atoms with Crippen molar-refractivity contribution in [2.75, 3.05) is 6.61 Å². The van der Waals surface area contributed by atoms with Crippen LogP contribution >= 0.6 is 0 Å². The van der Waals surface area contributed by atoms with Crippen molar-refractivity contribution in [3.05, 3.63) is 65.7 Å². The molecule has 0 saturated carbocycles. The average Bonchev–Trinajstić information content (AvgIpc) is 2.48. The number of nitrogens with two attached hydrogens (primary N) is 1.